The SMILES string of the molecule is CCOc1cc(C#N)ccc1OCC(=O)Nc1ncn[nH]1. The van der Waals surface area contributed by atoms with E-state index in [9.17, 15) is 4.79 Å². The predicted molar refractivity (Wildman–Crippen MR) is 72.8 cm³/mol. The standard InChI is InChI=1S/C13H13N5O3/c1-2-20-11-5-9(6-14)3-4-10(11)21-7-12(19)17-13-15-8-16-18-13/h3-5,8H,2,7H2,1H3,(H2,15,16,17,18,19). The normalized spacial score (nSPS) is 9.71. The highest BCUT2D eigenvalue weighted by Gasteiger charge is 2.10. The van der Waals surface area contributed by atoms with Gasteiger partial charge in [0.2, 0.25) is 5.95 Å². The first-order valence-electron chi connectivity index (χ1n) is 6.18. The van der Waals surface area contributed by atoms with E-state index in [0.29, 0.717) is 23.7 Å². The summed E-state index contributed by atoms with van der Waals surface area (Å²) < 4.78 is 10.8. The van der Waals surface area contributed by atoms with Crippen molar-refractivity contribution in [1.29, 1.82) is 5.26 Å². The second-order valence-corrected chi connectivity index (χ2v) is 3.88. The number of anilines is 1. The molecule has 0 radical (unpaired) electrons. The molecule has 0 atom stereocenters. The molecule has 0 fully saturated rings. The van der Waals surface area contributed by atoms with Crippen LogP contribution in [-0.4, -0.2) is 34.3 Å². The molecule has 0 unspecified atom stereocenters. The second kappa shape index (κ2) is 6.91. The molecule has 2 aromatic rings. The van der Waals surface area contributed by atoms with E-state index < -0.39 is 5.91 Å². The lowest BCUT2D eigenvalue weighted by atomic mass is 10.2. The number of carbonyl (C=O) groups excluding carboxylic acids is 1. The molecule has 0 aliphatic heterocycles. The zero-order valence-corrected chi connectivity index (χ0v) is 11.3. The summed E-state index contributed by atoms with van der Waals surface area (Å²) in [6, 6.07) is 6.75. The second-order valence-electron chi connectivity index (χ2n) is 3.88. The van der Waals surface area contributed by atoms with Crippen molar-refractivity contribution in [1.82, 2.24) is 15.2 Å². The van der Waals surface area contributed by atoms with Gasteiger partial charge in [-0.3, -0.25) is 10.1 Å². The monoisotopic (exact) mass is 287 g/mol. The fourth-order valence-electron chi connectivity index (χ4n) is 1.54. The van der Waals surface area contributed by atoms with Crippen LogP contribution in [0.2, 0.25) is 0 Å². The fraction of sp³-hybridized carbons (Fsp3) is 0.231. The summed E-state index contributed by atoms with van der Waals surface area (Å²) in [7, 11) is 0. The van der Waals surface area contributed by atoms with Crippen molar-refractivity contribution in [3.63, 3.8) is 0 Å². The van der Waals surface area contributed by atoms with Crippen LogP contribution in [0.15, 0.2) is 24.5 Å². The predicted octanol–water partition coefficient (Wildman–Crippen LogP) is 1.09. The molecule has 0 aliphatic rings. The number of benzene rings is 1. The Labute approximate surface area is 120 Å². The molecular formula is C13H13N5O3. The number of nitrogens with zero attached hydrogens (tertiary/aromatic N) is 3. The van der Waals surface area contributed by atoms with Crippen molar-refractivity contribution in [3.05, 3.63) is 30.1 Å². The van der Waals surface area contributed by atoms with Crippen LogP contribution in [0, 0.1) is 11.3 Å². The van der Waals surface area contributed by atoms with E-state index in [1.54, 1.807) is 18.2 Å². The molecule has 0 bridgehead atoms. The van der Waals surface area contributed by atoms with Crippen LogP contribution in [0.5, 0.6) is 11.5 Å². The lowest BCUT2D eigenvalue weighted by Gasteiger charge is -2.11. The average molecular weight is 287 g/mol. The molecule has 0 spiro atoms. The molecule has 0 saturated heterocycles. The number of hydrogen-bond donors (Lipinski definition) is 2. The Kier molecular flexibility index (Phi) is 4.71. The molecule has 0 aliphatic carbocycles. The van der Waals surface area contributed by atoms with E-state index >= 15 is 0 Å². The Morgan fingerprint density at radius 3 is 2.95 bits per heavy atom. The number of H-pyrrole nitrogens is 1. The number of aromatic nitrogens is 3. The number of ether oxygens (including phenoxy) is 2. The highest BCUT2D eigenvalue weighted by atomic mass is 16.5. The first-order chi connectivity index (χ1) is 10.2. The van der Waals surface area contributed by atoms with Crippen LogP contribution < -0.4 is 14.8 Å². The topological polar surface area (TPSA) is 113 Å². The number of aromatic amines is 1. The first kappa shape index (κ1) is 14.3. The quantitative estimate of drug-likeness (QED) is 0.822. The molecule has 1 amide bonds. The molecule has 1 heterocycles. The fourth-order valence-corrected chi connectivity index (χ4v) is 1.54. The van der Waals surface area contributed by atoms with E-state index in [0.717, 1.165) is 0 Å². The third-order valence-electron chi connectivity index (χ3n) is 2.40. The highest BCUT2D eigenvalue weighted by Crippen LogP contribution is 2.28. The molecular weight excluding hydrogens is 274 g/mol. The van der Waals surface area contributed by atoms with Crippen molar-refractivity contribution in [3.8, 4) is 17.6 Å². The van der Waals surface area contributed by atoms with Crippen molar-refractivity contribution >= 4 is 11.9 Å². The summed E-state index contributed by atoms with van der Waals surface area (Å²) in [6.45, 7) is 2.03. The van der Waals surface area contributed by atoms with Crippen molar-refractivity contribution in [2.75, 3.05) is 18.5 Å². The molecule has 8 heteroatoms. The van der Waals surface area contributed by atoms with Crippen LogP contribution in [-0.2, 0) is 4.79 Å². The Hall–Kier alpha value is -3.08. The van der Waals surface area contributed by atoms with E-state index in [2.05, 4.69) is 20.5 Å². The van der Waals surface area contributed by atoms with Crippen LogP contribution in [0.4, 0.5) is 5.95 Å². The van der Waals surface area contributed by atoms with Gasteiger partial charge in [0.15, 0.2) is 18.1 Å². The Balaban J connectivity index is 1.99. The van der Waals surface area contributed by atoms with Gasteiger partial charge in [-0.15, -0.1) is 0 Å². The molecule has 1 aromatic carbocycles. The molecule has 21 heavy (non-hydrogen) atoms. The highest BCUT2D eigenvalue weighted by molar-refractivity contribution is 5.90. The molecule has 8 nitrogen and oxygen atoms in total. The third kappa shape index (κ3) is 3.94. The maximum atomic E-state index is 11.7. The van der Waals surface area contributed by atoms with Crippen LogP contribution >= 0.6 is 0 Å². The maximum Gasteiger partial charge on any atom is 0.264 e. The summed E-state index contributed by atoms with van der Waals surface area (Å²) in [5.41, 5.74) is 0.455. The summed E-state index contributed by atoms with van der Waals surface area (Å²) >= 11 is 0. The average Bonchev–Trinajstić information content (AvgIpc) is 2.99. The smallest absolute Gasteiger partial charge is 0.264 e. The van der Waals surface area contributed by atoms with Gasteiger partial charge in [-0.25, -0.2) is 5.10 Å². The third-order valence-corrected chi connectivity index (χ3v) is 2.40. The van der Waals surface area contributed by atoms with Crippen molar-refractivity contribution < 1.29 is 14.3 Å². The van der Waals surface area contributed by atoms with Gasteiger partial charge in [0.1, 0.15) is 6.33 Å². The number of hydrogen-bond acceptors (Lipinski definition) is 6. The number of nitrogens with one attached hydrogen (secondary N) is 2. The van der Waals surface area contributed by atoms with Gasteiger partial charge < -0.3 is 9.47 Å². The summed E-state index contributed by atoms with van der Waals surface area (Å²) in [4.78, 5) is 15.4. The molecule has 108 valence electrons. The minimum absolute atomic E-state index is 0.216. The van der Waals surface area contributed by atoms with Gasteiger partial charge in [-0.1, -0.05) is 0 Å². The van der Waals surface area contributed by atoms with Gasteiger partial charge >= 0.3 is 0 Å². The largest absolute Gasteiger partial charge is 0.490 e. The van der Waals surface area contributed by atoms with Crippen LogP contribution in [0.3, 0.4) is 0 Å². The van der Waals surface area contributed by atoms with E-state index in [-0.39, 0.29) is 12.6 Å². The molecule has 0 saturated carbocycles. The minimum Gasteiger partial charge on any atom is -0.490 e. The van der Waals surface area contributed by atoms with Gasteiger partial charge in [-0.05, 0) is 19.1 Å². The number of carbonyl (C=O) groups is 1. The van der Waals surface area contributed by atoms with Crippen molar-refractivity contribution in [2.24, 2.45) is 0 Å². The van der Waals surface area contributed by atoms with E-state index in [1.807, 2.05) is 13.0 Å². The van der Waals surface area contributed by atoms with Gasteiger partial charge in [0.05, 0.1) is 18.2 Å². The van der Waals surface area contributed by atoms with Crippen molar-refractivity contribution in [2.45, 2.75) is 6.92 Å². The molecule has 2 rings (SSSR count). The van der Waals surface area contributed by atoms with E-state index in [1.165, 1.54) is 6.33 Å². The van der Waals surface area contributed by atoms with Gasteiger partial charge in [0, 0.05) is 6.07 Å². The number of nitriles is 1. The Bertz CT molecular complexity index is 648. The lowest BCUT2D eigenvalue weighted by molar-refractivity contribution is -0.118. The van der Waals surface area contributed by atoms with Crippen LogP contribution in [0.1, 0.15) is 12.5 Å². The summed E-state index contributed by atoms with van der Waals surface area (Å²) in [5, 5.41) is 17.4. The summed E-state index contributed by atoms with van der Waals surface area (Å²) in [6.07, 6.45) is 1.28. The number of amides is 1. The molecule has 2 N–H and O–H groups in total. The molecule has 1 aromatic heterocycles. The Morgan fingerprint density at radius 2 is 2.29 bits per heavy atom. The maximum absolute atomic E-state index is 11.7. The lowest BCUT2D eigenvalue weighted by Crippen LogP contribution is -2.21. The minimum atomic E-state index is -0.390. The van der Waals surface area contributed by atoms with Gasteiger partial charge in [0.25, 0.3) is 5.91 Å². The van der Waals surface area contributed by atoms with Crippen LogP contribution in [0.25, 0.3) is 0 Å². The number of rotatable bonds is 6. The van der Waals surface area contributed by atoms with E-state index in [4.69, 9.17) is 14.7 Å². The first-order valence-corrected chi connectivity index (χ1v) is 6.18. The Morgan fingerprint density at radius 1 is 1.43 bits per heavy atom. The summed E-state index contributed by atoms with van der Waals surface area (Å²) in [5.74, 6) is 0.666. The zero-order chi connectivity index (χ0) is 15.1. The zero-order valence-electron chi connectivity index (χ0n) is 11.3. The van der Waals surface area contributed by atoms with Gasteiger partial charge in [-0.2, -0.15) is 15.3 Å².